The molecule has 0 radical (unpaired) electrons. The molecule has 0 saturated carbocycles. The average molecular weight is 241 g/mol. The number of aliphatic hydroxyl groups excluding tert-OH is 1. The van der Waals surface area contributed by atoms with Crippen molar-refractivity contribution in [1.82, 2.24) is 4.90 Å². The Morgan fingerprint density at radius 2 is 1.94 bits per heavy atom. The molecule has 2 aliphatic heterocycles. The van der Waals surface area contributed by atoms with Crippen molar-refractivity contribution >= 4 is 6.09 Å². The van der Waals surface area contributed by atoms with Gasteiger partial charge < -0.3 is 9.84 Å². The second-order valence-electron chi connectivity index (χ2n) is 6.18. The number of aliphatic hydroxyl groups is 1. The maximum Gasteiger partial charge on any atom is 0.410 e. The van der Waals surface area contributed by atoms with Crippen LogP contribution in [-0.4, -0.2) is 39.9 Å². The molecule has 98 valence electrons. The Hall–Kier alpha value is -0.770. The largest absolute Gasteiger partial charge is 0.444 e. The van der Waals surface area contributed by atoms with Crippen LogP contribution in [0, 0.1) is 0 Å². The van der Waals surface area contributed by atoms with Crippen molar-refractivity contribution in [2.45, 2.75) is 76.7 Å². The molecule has 1 amide bonds. The first-order valence-electron chi connectivity index (χ1n) is 6.58. The summed E-state index contributed by atoms with van der Waals surface area (Å²) in [4.78, 5) is 14.0. The van der Waals surface area contributed by atoms with Crippen molar-refractivity contribution in [3.63, 3.8) is 0 Å². The predicted octanol–water partition coefficient (Wildman–Crippen LogP) is 2.30. The minimum atomic E-state index is -0.465. The van der Waals surface area contributed by atoms with E-state index in [1.165, 1.54) is 0 Å². The molecule has 4 heteroatoms. The topological polar surface area (TPSA) is 49.8 Å². The fraction of sp³-hybridized carbons (Fsp3) is 0.923. The van der Waals surface area contributed by atoms with E-state index in [9.17, 15) is 9.90 Å². The van der Waals surface area contributed by atoms with Crippen molar-refractivity contribution in [2.75, 3.05) is 0 Å². The monoisotopic (exact) mass is 241 g/mol. The number of piperidine rings is 2. The van der Waals surface area contributed by atoms with Gasteiger partial charge in [-0.15, -0.1) is 0 Å². The summed E-state index contributed by atoms with van der Waals surface area (Å²) in [5.41, 5.74) is -0.465. The first-order chi connectivity index (χ1) is 7.88. The van der Waals surface area contributed by atoms with Gasteiger partial charge >= 0.3 is 6.09 Å². The molecular weight excluding hydrogens is 218 g/mol. The fourth-order valence-corrected chi connectivity index (χ4v) is 2.93. The number of carbonyl (C=O) groups is 1. The summed E-state index contributed by atoms with van der Waals surface area (Å²) in [6.07, 6.45) is 4.13. The van der Waals surface area contributed by atoms with E-state index in [-0.39, 0.29) is 24.3 Å². The molecule has 0 unspecified atom stereocenters. The Kier molecular flexibility index (Phi) is 3.34. The second-order valence-corrected chi connectivity index (χ2v) is 6.18. The minimum Gasteiger partial charge on any atom is -0.444 e. The number of rotatable bonds is 0. The second kappa shape index (κ2) is 4.48. The quantitative estimate of drug-likeness (QED) is 0.708. The van der Waals surface area contributed by atoms with E-state index in [1.54, 1.807) is 4.90 Å². The third kappa shape index (κ3) is 2.73. The van der Waals surface area contributed by atoms with Crippen LogP contribution in [0.1, 0.15) is 52.9 Å². The highest BCUT2D eigenvalue weighted by Crippen LogP contribution is 2.35. The number of nitrogens with zero attached hydrogens (tertiary/aromatic N) is 1. The number of hydrogen-bond acceptors (Lipinski definition) is 3. The third-order valence-electron chi connectivity index (χ3n) is 3.63. The van der Waals surface area contributed by atoms with Gasteiger partial charge in [-0.2, -0.15) is 0 Å². The van der Waals surface area contributed by atoms with E-state index in [0.717, 1.165) is 32.1 Å². The molecule has 3 atom stereocenters. The van der Waals surface area contributed by atoms with Crippen LogP contribution in [0.3, 0.4) is 0 Å². The Balaban J connectivity index is 2.10. The minimum absolute atomic E-state index is 0.0302. The van der Waals surface area contributed by atoms with E-state index in [4.69, 9.17) is 4.74 Å². The maximum atomic E-state index is 12.2. The molecule has 1 N–H and O–H groups in total. The zero-order valence-electron chi connectivity index (χ0n) is 11.0. The van der Waals surface area contributed by atoms with E-state index < -0.39 is 5.60 Å². The van der Waals surface area contributed by atoms with Crippen LogP contribution >= 0.6 is 0 Å². The highest BCUT2D eigenvalue weighted by Gasteiger charge is 2.43. The molecule has 2 bridgehead atoms. The van der Waals surface area contributed by atoms with Crippen LogP contribution in [0.15, 0.2) is 0 Å². The Bertz CT molecular complexity index is 298. The number of hydrogen-bond donors (Lipinski definition) is 1. The normalized spacial score (nSPS) is 33.4. The van der Waals surface area contributed by atoms with Gasteiger partial charge in [-0.3, -0.25) is 4.90 Å². The first-order valence-corrected chi connectivity index (χ1v) is 6.58. The van der Waals surface area contributed by atoms with Gasteiger partial charge in [-0.1, -0.05) is 0 Å². The highest BCUT2D eigenvalue weighted by molar-refractivity contribution is 5.69. The summed E-state index contributed by atoms with van der Waals surface area (Å²) >= 11 is 0. The van der Waals surface area contributed by atoms with Crippen molar-refractivity contribution < 1.29 is 14.6 Å². The van der Waals surface area contributed by atoms with Crippen LogP contribution < -0.4 is 0 Å². The Labute approximate surface area is 103 Å². The molecule has 0 aromatic rings. The zero-order chi connectivity index (χ0) is 12.6. The molecule has 2 heterocycles. The van der Waals surface area contributed by atoms with E-state index in [2.05, 4.69) is 0 Å². The zero-order valence-corrected chi connectivity index (χ0v) is 11.0. The molecule has 4 nitrogen and oxygen atoms in total. The summed E-state index contributed by atoms with van der Waals surface area (Å²) in [5.74, 6) is 0. The molecule has 0 spiro atoms. The Morgan fingerprint density at radius 3 is 2.59 bits per heavy atom. The smallest absolute Gasteiger partial charge is 0.410 e. The lowest BCUT2D eigenvalue weighted by molar-refractivity contribution is -0.0605. The van der Waals surface area contributed by atoms with Crippen LogP contribution in [0.5, 0.6) is 0 Å². The van der Waals surface area contributed by atoms with Crippen molar-refractivity contribution in [1.29, 1.82) is 0 Å². The molecule has 17 heavy (non-hydrogen) atoms. The van der Waals surface area contributed by atoms with Gasteiger partial charge in [-0.05, 0) is 52.9 Å². The SMILES string of the molecule is CC(C)(C)OC(=O)N1[C@@H]2CCC[C@H]1[C@H](O)CC2. The standard InChI is InChI=1S/C13H23NO3/c1-13(2,3)17-12(16)14-9-5-4-6-10(14)11(15)8-7-9/h9-11,15H,4-8H2,1-3H3/t9-,10+,11-/m1/s1. The van der Waals surface area contributed by atoms with Crippen molar-refractivity contribution in [3.05, 3.63) is 0 Å². The summed E-state index contributed by atoms with van der Waals surface area (Å²) in [6.45, 7) is 5.63. The highest BCUT2D eigenvalue weighted by atomic mass is 16.6. The van der Waals surface area contributed by atoms with Gasteiger partial charge in [0.25, 0.3) is 0 Å². The molecule has 0 aromatic heterocycles. The maximum absolute atomic E-state index is 12.2. The van der Waals surface area contributed by atoms with Crippen LogP contribution in [0.4, 0.5) is 4.79 Å². The molecule has 0 aromatic carbocycles. The Morgan fingerprint density at radius 1 is 1.24 bits per heavy atom. The number of fused-ring (bicyclic) bond motifs is 2. The molecule has 2 fully saturated rings. The molecule has 2 rings (SSSR count). The third-order valence-corrected chi connectivity index (χ3v) is 3.63. The van der Waals surface area contributed by atoms with Crippen LogP contribution in [-0.2, 0) is 4.74 Å². The van der Waals surface area contributed by atoms with Gasteiger partial charge in [0.05, 0.1) is 12.1 Å². The molecule has 2 aliphatic rings. The van der Waals surface area contributed by atoms with E-state index in [0.29, 0.717) is 0 Å². The lowest BCUT2D eigenvalue weighted by atomic mass is 9.83. The van der Waals surface area contributed by atoms with Crippen LogP contribution in [0.2, 0.25) is 0 Å². The number of carbonyl (C=O) groups excluding carboxylic acids is 1. The average Bonchev–Trinajstić information content (AvgIpc) is 2.21. The lowest BCUT2D eigenvalue weighted by Crippen LogP contribution is -2.59. The predicted molar refractivity (Wildman–Crippen MR) is 64.7 cm³/mol. The molecular formula is C13H23NO3. The van der Waals surface area contributed by atoms with Gasteiger partial charge in [0.1, 0.15) is 5.60 Å². The van der Waals surface area contributed by atoms with E-state index in [1.807, 2.05) is 20.8 Å². The molecule has 2 saturated heterocycles. The number of amides is 1. The summed E-state index contributed by atoms with van der Waals surface area (Å²) in [5, 5.41) is 9.99. The number of ether oxygens (including phenoxy) is 1. The van der Waals surface area contributed by atoms with Crippen molar-refractivity contribution in [3.8, 4) is 0 Å². The summed E-state index contributed by atoms with van der Waals surface area (Å²) in [7, 11) is 0. The van der Waals surface area contributed by atoms with E-state index >= 15 is 0 Å². The van der Waals surface area contributed by atoms with Gasteiger partial charge in [0.2, 0.25) is 0 Å². The van der Waals surface area contributed by atoms with Gasteiger partial charge in [0, 0.05) is 6.04 Å². The van der Waals surface area contributed by atoms with Crippen LogP contribution in [0.25, 0.3) is 0 Å². The first kappa shape index (κ1) is 12.7. The van der Waals surface area contributed by atoms with Gasteiger partial charge in [0.15, 0.2) is 0 Å². The molecule has 0 aliphatic carbocycles. The summed E-state index contributed by atoms with van der Waals surface area (Å²) < 4.78 is 5.44. The van der Waals surface area contributed by atoms with Gasteiger partial charge in [-0.25, -0.2) is 4.79 Å². The summed E-state index contributed by atoms with van der Waals surface area (Å²) in [6, 6.07) is 0.240. The van der Waals surface area contributed by atoms with Crippen molar-refractivity contribution in [2.24, 2.45) is 0 Å². The lowest BCUT2D eigenvalue weighted by Gasteiger charge is -2.48. The fourth-order valence-electron chi connectivity index (χ4n) is 2.93.